The van der Waals surface area contributed by atoms with Crippen LogP contribution in [0.3, 0.4) is 0 Å². The van der Waals surface area contributed by atoms with Crippen LogP contribution in [0.15, 0.2) is 42.9 Å². The molecule has 0 spiro atoms. The van der Waals surface area contributed by atoms with Crippen LogP contribution in [0, 0.1) is 5.82 Å². The van der Waals surface area contributed by atoms with E-state index in [1.54, 1.807) is 37.7 Å². The average Bonchev–Trinajstić information content (AvgIpc) is 2.81. The Hall–Kier alpha value is -3.55. The molecule has 7 nitrogen and oxygen atoms in total. The maximum absolute atomic E-state index is 13.3. The summed E-state index contributed by atoms with van der Waals surface area (Å²) in [6.07, 6.45) is 8.54. The molecular weight excluding hydrogens is 399 g/mol. The summed E-state index contributed by atoms with van der Waals surface area (Å²) in [5.41, 5.74) is 8.51. The lowest BCUT2D eigenvalue weighted by Crippen LogP contribution is -2.13. The molecule has 0 fully saturated rings. The first-order valence-corrected chi connectivity index (χ1v) is 10.1. The summed E-state index contributed by atoms with van der Waals surface area (Å²) in [6.45, 7) is 2.45. The van der Waals surface area contributed by atoms with Crippen molar-refractivity contribution in [1.29, 1.82) is 0 Å². The van der Waals surface area contributed by atoms with Crippen LogP contribution in [0.1, 0.15) is 42.8 Å². The number of carbonyl (C=O) groups is 1. The van der Waals surface area contributed by atoms with E-state index in [1.807, 2.05) is 6.92 Å². The van der Waals surface area contributed by atoms with Crippen LogP contribution in [-0.4, -0.2) is 34.6 Å². The number of fused-ring (bicyclic) bond motifs is 1. The molecule has 0 radical (unpaired) electrons. The smallest absolute Gasteiger partial charge is 0.268 e. The number of hydrogen-bond donors (Lipinski definition) is 1. The van der Waals surface area contributed by atoms with E-state index < -0.39 is 5.91 Å². The Labute approximate surface area is 182 Å². The first kappa shape index (κ1) is 22.1. The number of nitrogens with two attached hydrogens (primary N) is 1. The molecule has 0 atom stereocenters. The van der Waals surface area contributed by atoms with Crippen LogP contribution in [-0.2, 0) is 12.8 Å². The molecule has 0 saturated heterocycles. The van der Waals surface area contributed by atoms with Gasteiger partial charge in [0, 0.05) is 24.8 Å². The van der Waals surface area contributed by atoms with Crippen LogP contribution in [0.4, 0.5) is 4.39 Å². The molecule has 1 aromatic carbocycles. The van der Waals surface area contributed by atoms with E-state index in [0.717, 1.165) is 48.1 Å². The second kappa shape index (κ2) is 10.5. The number of aromatic nitrogens is 3. The summed E-state index contributed by atoms with van der Waals surface area (Å²) < 4.78 is 23.8. The number of benzene rings is 1. The van der Waals surface area contributed by atoms with E-state index in [4.69, 9.17) is 15.2 Å². The number of methoxy groups -OCH3 is 1. The molecule has 4 rings (SSSR count). The third kappa shape index (κ3) is 5.53. The van der Waals surface area contributed by atoms with Crippen LogP contribution in [0.25, 0.3) is 11.3 Å². The Morgan fingerprint density at radius 3 is 2.55 bits per heavy atom. The van der Waals surface area contributed by atoms with Crippen LogP contribution >= 0.6 is 0 Å². The largest absolute Gasteiger partial charge is 0.496 e. The van der Waals surface area contributed by atoms with Gasteiger partial charge in [0.05, 0.1) is 31.8 Å². The van der Waals surface area contributed by atoms with E-state index in [2.05, 4.69) is 15.0 Å². The van der Waals surface area contributed by atoms with Gasteiger partial charge in [-0.05, 0) is 56.4 Å². The predicted molar refractivity (Wildman–Crippen MR) is 117 cm³/mol. The van der Waals surface area contributed by atoms with E-state index in [9.17, 15) is 9.18 Å². The first-order valence-electron chi connectivity index (χ1n) is 10.1. The zero-order valence-electron chi connectivity index (χ0n) is 17.6. The Bertz CT molecular complexity index is 1050. The number of primary amides is 1. The third-order valence-corrected chi connectivity index (χ3v) is 4.87. The van der Waals surface area contributed by atoms with E-state index in [1.165, 1.54) is 12.3 Å². The summed E-state index contributed by atoms with van der Waals surface area (Å²) in [7, 11) is 1.64. The van der Waals surface area contributed by atoms with Crippen LogP contribution < -0.4 is 15.2 Å². The number of amides is 1. The highest BCUT2D eigenvalue weighted by Crippen LogP contribution is 2.31. The third-order valence-electron chi connectivity index (χ3n) is 4.87. The van der Waals surface area contributed by atoms with Gasteiger partial charge in [-0.1, -0.05) is 0 Å². The van der Waals surface area contributed by atoms with E-state index >= 15 is 0 Å². The van der Waals surface area contributed by atoms with Crippen molar-refractivity contribution in [2.45, 2.75) is 32.6 Å². The lowest BCUT2D eigenvalue weighted by Gasteiger charge is -2.18. The summed E-state index contributed by atoms with van der Waals surface area (Å²) in [5.74, 6) is 0.704. The second-order valence-electron chi connectivity index (χ2n) is 6.89. The van der Waals surface area contributed by atoms with Crippen molar-refractivity contribution in [2.24, 2.45) is 5.73 Å². The standard InChI is InChI=1S/C12H12N4O2.C11H13FO.H2/c1-2-18-11-4-3-8(5-15-11)9-6-14-7-10(16-9)12(13)17;1-13-11-7-6-10(12)8-4-2-3-5-9(8)11;/h3-7H,2H2,1H3,(H2,13,17);6-7H,2-5H2,1H3;1H. The number of carbonyl (C=O) groups excluding carboxylic acids is 1. The molecule has 1 aliphatic carbocycles. The van der Waals surface area contributed by atoms with Gasteiger partial charge < -0.3 is 15.2 Å². The number of pyridine rings is 1. The minimum Gasteiger partial charge on any atom is -0.496 e. The first-order chi connectivity index (χ1) is 15.0. The van der Waals surface area contributed by atoms with E-state index in [-0.39, 0.29) is 12.9 Å². The number of rotatable bonds is 5. The Kier molecular flexibility index (Phi) is 7.48. The average molecular weight is 426 g/mol. The van der Waals surface area contributed by atoms with Crippen molar-refractivity contribution in [3.05, 3.63) is 65.5 Å². The van der Waals surface area contributed by atoms with Crippen LogP contribution in [0.5, 0.6) is 11.6 Å². The maximum atomic E-state index is 13.3. The van der Waals surface area contributed by atoms with Crippen molar-refractivity contribution >= 4 is 5.91 Å². The van der Waals surface area contributed by atoms with Gasteiger partial charge in [-0.2, -0.15) is 0 Å². The fraction of sp³-hybridized carbons (Fsp3) is 0.304. The molecule has 1 aliphatic rings. The SMILES string of the molecule is CCOc1ccc(-c2cncc(C(N)=O)n2)cn1.COc1ccc(F)c2c1CCCC2.[HH]. The molecule has 2 aromatic heterocycles. The van der Waals surface area contributed by atoms with Crippen molar-refractivity contribution < 1.29 is 20.1 Å². The summed E-state index contributed by atoms with van der Waals surface area (Å²) in [6, 6.07) is 6.76. The highest BCUT2D eigenvalue weighted by molar-refractivity contribution is 5.90. The van der Waals surface area contributed by atoms with Crippen LogP contribution in [0.2, 0.25) is 0 Å². The van der Waals surface area contributed by atoms with Gasteiger partial charge in [0.15, 0.2) is 0 Å². The molecular formula is C23H27FN4O3. The topological polar surface area (TPSA) is 100 Å². The monoisotopic (exact) mass is 426 g/mol. The molecule has 3 aromatic rings. The Morgan fingerprint density at radius 1 is 1.13 bits per heavy atom. The summed E-state index contributed by atoms with van der Waals surface area (Å²) in [4.78, 5) is 23.1. The van der Waals surface area contributed by atoms with Gasteiger partial charge in [-0.25, -0.2) is 14.4 Å². The number of hydrogen-bond acceptors (Lipinski definition) is 6. The molecule has 2 N–H and O–H groups in total. The molecule has 164 valence electrons. The van der Waals surface area contributed by atoms with E-state index in [0.29, 0.717) is 18.2 Å². The van der Waals surface area contributed by atoms with Gasteiger partial charge in [0.1, 0.15) is 17.3 Å². The second-order valence-corrected chi connectivity index (χ2v) is 6.89. The summed E-state index contributed by atoms with van der Waals surface area (Å²) in [5, 5.41) is 0. The Balaban J connectivity index is 0.000000230. The molecule has 1 amide bonds. The fourth-order valence-electron chi connectivity index (χ4n) is 3.37. The predicted octanol–water partition coefficient (Wildman–Crippen LogP) is 4.00. The molecule has 31 heavy (non-hydrogen) atoms. The number of nitrogens with zero attached hydrogens (tertiary/aromatic N) is 3. The van der Waals surface area contributed by atoms with Crippen molar-refractivity contribution in [3.63, 3.8) is 0 Å². The number of ether oxygens (including phenoxy) is 2. The normalized spacial score (nSPS) is 12.2. The van der Waals surface area contributed by atoms with Gasteiger partial charge in [0.2, 0.25) is 5.88 Å². The molecule has 8 heteroatoms. The minimum atomic E-state index is -0.608. The molecule has 0 bridgehead atoms. The van der Waals surface area contributed by atoms with Gasteiger partial charge >= 0.3 is 0 Å². The quantitative estimate of drug-likeness (QED) is 0.662. The lowest BCUT2D eigenvalue weighted by molar-refractivity contribution is 0.0995. The fourth-order valence-corrected chi connectivity index (χ4v) is 3.37. The van der Waals surface area contributed by atoms with Gasteiger partial charge in [-0.15, -0.1) is 0 Å². The van der Waals surface area contributed by atoms with Gasteiger partial charge in [0.25, 0.3) is 5.91 Å². The molecule has 2 heterocycles. The highest BCUT2D eigenvalue weighted by Gasteiger charge is 2.17. The van der Waals surface area contributed by atoms with Gasteiger partial charge in [-0.3, -0.25) is 9.78 Å². The lowest BCUT2D eigenvalue weighted by atomic mass is 9.90. The maximum Gasteiger partial charge on any atom is 0.268 e. The van der Waals surface area contributed by atoms with Crippen molar-refractivity contribution in [1.82, 2.24) is 15.0 Å². The zero-order valence-corrected chi connectivity index (χ0v) is 17.6. The van der Waals surface area contributed by atoms with Crippen molar-refractivity contribution in [3.8, 4) is 22.9 Å². The summed E-state index contributed by atoms with van der Waals surface area (Å²) >= 11 is 0. The molecule has 0 unspecified atom stereocenters. The number of halogens is 1. The highest BCUT2D eigenvalue weighted by atomic mass is 19.1. The van der Waals surface area contributed by atoms with Crippen molar-refractivity contribution in [2.75, 3.05) is 13.7 Å². The molecule has 0 saturated carbocycles. The zero-order chi connectivity index (χ0) is 22.2. The Morgan fingerprint density at radius 2 is 1.90 bits per heavy atom. The molecule has 0 aliphatic heterocycles. The minimum absolute atomic E-state index is 0.